The number of azo groups is 1. The van der Waals surface area contributed by atoms with Crippen molar-refractivity contribution in [1.29, 1.82) is 0 Å². The Bertz CT molecular complexity index is 1090. The van der Waals surface area contributed by atoms with Gasteiger partial charge in [0.1, 0.15) is 10.6 Å². The fourth-order valence-electron chi connectivity index (χ4n) is 2.48. The topological polar surface area (TPSA) is 114 Å². The number of nitrogens with zero attached hydrogens (tertiary/aromatic N) is 2. The maximum atomic E-state index is 11.8. The second-order valence-electron chi connectivity index (χ2n) is 5.73. The van der Waals surface area contributed by atoms with Crippen LogP contribution in [0.5, 0.6) is 5.75 Å². The first-order valence-electron chi connectivity index (χ1n) is 8.02. The standard InChI is InChI=1S/C19H17N3O4S/c1-2-9-26-17-10-13-3-6-16(11-18(13)19(12-17)27(23,24)25)22-21-15-7-4-14(20)5-8-15/h1,3-8,10-12H,2,9,20H2,(H,23,24,25). The largest absolute Gasteiger partial charge is 0.494 e. The van der Waals surface area contributed by atoms with E-state index in [1.54, 1.807) is 42.5 Å². The Morgan fingerprint density at radius 3 is 2.33 bits per heavy atom. The Labute approximate surface area is 157 Å². The minimum absolute atomic E-state index is 0.226. The molecule has 0 bridgehead atoms. The molecule has 0 saturated carbocycles. The Morgan fingerprint density at radius 2 is 1.67 bits per heavy atom. The molecule has 0 aliphatic carbocycles. The van der Waals surface area contributed by atoms with Crippen molar-refractivity contribution in [2.24, 2.45) is 10.2 Å². The van der Waals surface area contributed by atoms with Crippen LogP contribution in [-0.2, 0) is 10.1 Å². The van der Waals surface area contributed by atoms with Crippen LogP contribution in [0, 0.1) is 6.92 Å². The van der Waals surface area contributed by atoms with Crippen LogP contribution in [0.2, 0.25) is 0 Å². The van der Waals surface area contributed by atoms with E-state index in [1.165, 1.54) is 12.1 Å². The maximum Gasteiger partial charge on any atom is 0.295 e. The maximum absolute atomic E-state index is 11.8. The fourth-order valence-corrected chi connectivity index (χ4v) is 3.20. The van der Waals surface area contributed by atoms with Crippen LogP contribution in [0.1, 0.15) is 6.42 Å². The van der Waals surface area contributed by atoms with Crippen LogP contribution < -0.4 is 10.5 Å². The molecule has 3 aromatic rings. The van der Waals surface area contributed by atoms with Gasteiger partial charge in [-0.1, -0.05) is 6.07 Å². The summed E-state index contributed by atoms with van der Waals surface area (Å²) in [7, 11) is -4.46. The number of fused-ring (bicyclic) bond motifs is 1. The monoisotopic (exact) mass is 383 g/mol. The molecule has 3 aromatic carbocycles. The SMILES string of the molecule is [CH]CCOc1cc(S(=O)(=O)O)c2cc(N=Nc3ccc(N)cc3)ccc2c1. The van der Waals surface area contributed by atoms with E-state index in [4.69, 9.17) is 17.4 Å². The molecular formula is C19H17N3O4S. The van der Waals surface area contributed by atoms with E-state index in [1.807, 2.05) is 0 Å². The van der Waals surface area contributed by atoms with Crippen LogP contribution in [0.3, 0.4) is 0 Å². The van der Waals surface area contributed by atoms with Crippen LogP contribution >= 0.6 is 0 Å². The summed E-state index contributed by atoms with van der Waals surface area (Å²) in [5, 5.41) is 9.09. The van der Waals surface area contributed by atoms with Gasteiger partial charge in [-0.3, -0.25) is 4.55 Å². The number of rotatable bonds is 6. The number of anilines is 1. The lowest BCUT2D eigenvalue weighted by atomic mass is 10.1. The smallest absolute Gasteiger partial charge is 0.295 e. The van der Waals surface area contributed by atoms with Crippen molar-refractivity contribution in [3.05, 3.63) is 61.5 Å². The van der Waals surface area contributed by atoms with Crippen LogP contribution in [0.4, 0.5) is 17.1 Å². The zero-order valence-electron chi connectivity index (χ0n) is 14.2. The zero-order chi connectivity index (χ0) is 19.4. The van der Waals surface area contributed by atoms with Crippen LogP contribution in [0.15, 0.2) is 69.7 Å². The number of nitrogen functional groups attached to an aromatic ring is 1. The van der Waals surface area contributed by atoms with E-state index in [2.05, 4.69) is 10.2 Å². The predicted molar refractivity (Wildman–Crippen MR) is 103 cm³/mol. The lowest BCUT2D eigenvalue weighted by Crippen LogP contribution is -2.02. The second-order valence-corrected chi connectivity index (χ2v) is 7.12. The molecule has 3 rings (SSSR count). The highest BCUT2D eigenvalue weighted by atomic mass is 32.2. The summed E-state index contributed by atoms with van der Waals surface area (Å²) in [6, 6.07) is 14.7. The van der Waals surface area contributed by atoms with Crippen molar-refractivity contribution in [1.82, 2.24) is 0 Å². The van der Waals surface area contributed by atoms with E-state index in [0.29, 0.717) is 33.6 Å². The third-order valence-corrected chi connectivity index (χ3v) is 4.61. The van der Waals surface area contributed by atoms with E-state index in [9.17, 15) is 13.0 Å². The highest BCUT2D eigenvalue weighted by Crippen LogP contribution is 2.32. The van der Waals surface area contributed by atoms with Gasteiger partial charge in [-0.15, -0.1) is 0 Å². The van der Waals surface area contributed by atoms with E-state index in [-0.39, 0.29) is 17.9 Å². The van der Waals surface area contributed by atoms with Gasteiger partial charge in [-0.05, 0) is 61.2 Å². The third-order valence-electron chi connectivity index (χ3n) is 3.71. The normalized spacial score (nSPS) is 11.9. The quantitative estimate of drug-likeness (QED) is 0.368. The van der Waals surface area contributed by atoms with E-state index < -0.39 is 10.1 Å². The lowest BCUT2D eigenvalue weighted by Gasteiger charge is -2.10. The van der Waals surface area contributed by atoms with Crippen LogP contribution in [-0.4, -0.2) is 19.6 Å². The first kappa shape index (κ1) is 18.8. The third kappa shape index (κ3) is 4.60. The van der Waals surface area contributed by atoms with Crippen LogP contribution in [0.25, 0.3) is 10.8 Å². The Balaban J connectivity index is 2.04. The highest BCUT2D eigenvalue weighted by Gasteiger charge is 2.16. The van der Waals surface area contributed by atoms with Gasteiger partial charge >= 0.3 is 0 Å². The minimum atomic E-state index is -4.46. The van der Waals surface area contributed by atoms with Gasteiger partial charge in [-0.25, -0.2) is 0 Å². The Morgan fingerprint density at radius 1 is 1.00 bits per heavy atom. The molecule has 0 amide bonds. The molecule has 138 valence electrons. The van der Waals surface area contributed by atoms with Gasteiger partial charge < -0.3 is 10.5 Å². The fraction of sp³-hybridized carbons (Fsp3) is 0.105. The molecule has 0 spiro atoms. The predicted octanol–water partition coefficient (Wildman–Crippen LogP) is 4.56. The molecular weight excluding hydrogens is 366 g/mol. The minimum Gasteiger partial charge on any atom is -0.494 e. The number of ether oxygens (including phenoxy) is 1. The average Bonchev–Trinajstić information content (AvgIpc) is 2.64. The van der Waals surface area contributed by atoms with Gasteiger partial charge in [0.15, 0.2) is 0 Å². The van der Waals surface area contributed by atoms with Crippen molar-refractivity contribution >= 4 is 38.0 Å². The molecule has 8 heteroatoms. The molecule has 3 N–H and O–H groups in total. The van der Waals surface area contributed by atoms with Gasteiger partial charge in [0.25, 0.3) is 10.1 Å². The molecule has 0 heterocycles. The van der Waals surface area contributed by atoms with Crippen molar-refractivity contribution in [3.8, 4) is 5.75 Å². The highest BCUT2D eigenvalue weighted by molar-refractivity contribution is 7.86. The number of hydrogen-bond donors (Lipinski definition) is 2. The zero-order valence-corrected chi connectivity index (χ0v) is 15.1. The lowest BCUT2D eigenvalue weighted by molar-refractivity contribution is 0.324. The van der Waals surface area contributed by atoms with Crippen molar-refractivity contribution < 1.29 is 17.7 Å². The van der Waals surface area contributed by atoms with Gasteiger partial charge in [0.2, 0.25) is 0 Å². The first-order valence-corrected chi connectivity index (χ1v) is 9.46. The van der Waals surface area contributed by atoms with Crippen molar-refractivity contribution in [2.75, 3.05) is 12.3 Å². The summed E-state index contributed by atoms with van der Waals surface area (Å²) in [5.74, 6) is 0.303. The number of nitrogens with two attached hydrogens (primary N) is 1. The summed E-state index contributed by atoms with van der Waals surface area (Å²) in [6.07, 6.45) is 0.281. The van der Waals surface area contributed by atoms with Gasteiger partial charge in [0.05, 0.1) is 18.0 Å². The molecule has 0 fully saturated rings. The summed E-state index contributed by atoms with van der Waals surface area (Å²) >= 11 is 0. The molecule has 7 nitrogen and oxygen atoms in total. The number of hydrogen-bond acceptors (Lipinski definition) is 6. The molecule has 0 aliphatic rings. The Hall–Kier alpha value is -2.97. The van der Waals surface area contributed by atoms with E-state index in [0.717, 1.165) is 0 Å². The number of benzene rings is 3. The summed E-state index contributed by atoms with van der Waals surface area (Å²) in [5.41, 5.74) is 7.27. The molecule has 0 aromatic heterocycles. The van der Waals surface area contributed by atoms with E-state index >= 15 is 0 Å². The van der Waals surface area contributed by atoms with Crippen molar-refractivity contribution in [2.45, 2.75) is 11.3 Å². The second kappa shape index (κ2) is 7.73. The van der Waals surface area contributed by atoms with Gasteiger partial charge in [0, 0.05) is 17.1 Å². The average molecular weight is 383 g/mol. The van der Waals surface area contributed by atoms with Crippen molar-refractivity contribution in [3.63, 3.8) is 0 Å². The Kier molecular flexibility index (Phi) is 5.38. The molecule has 27 heavy (non-hydrogen) atoms. The molecule has 2 radical (unpaired) electrons. The first-order chi connectivity index (χ1) is 12.9. The molecule has 0 unspecified atom stereocenters. The molecule has 0 aliphatic heterocycles. The molecule has 0 saturated heterocycles. The summed E-state index contributed by atoms with van der Waals surface area (Å²) in [6.45, 7) is 5.63. The van der Waals surface area contributed by atoms with Gasteiger partial charge in [-0.2, -0.15) is 18.6 Å². The molecule has 0 atom stereocenters. The summed E-state index contributed by atoms with van der Waals surface area (Å²) < 4.78 is 38.6. The summed E-state index contributed by atoms with van der Waals surface area (Å²) in [4.78, 5) is -0.267.